The summed E-state index contributed by atoms with van der Waals surface area (Å²) in [5, 5.41) is 7.68. The molecular formula is C14H15ClFN3. The number of fused-ring (bicyclic) bond motifs is 1. The first-order valence-corrected chi connectivity index (χ1v) is 6.76. The highest BCUT2D eigenvalue weighted by atomic mass is 35.5. The number of hydrogen-bond donors (Lipinski definition) is 1. The van der Waals surface area contributed by atoms with Crippen LogP contribution in [0.5, 0.6) is 0 Å². The van der Waals surface area contributed by atoms with Crippen molar-refractivity contribution in [1.29, 1.82) is 0 Å². The molecule has 100 valence electrons. The third-order valence-corrected chi connectivity index (χ3v) is 3.95. The maximum atomic E-state index is 13.9. The third-order valence-electron chi connectivity index (χ3n) is 3.66. The van der Waals surface area contributed by atoms with E-state index in [-0.39, 0.29) is 16.9 Å². The molecule has 1 aromatic heterocycles. The van der Waals surface area contributed by atoms with Gasteiger partial charge in [0.05, 0.1) is 22.9 Å². The standard InChI is InChI=1S/C14H15ClFN3/c1-19-13-7-3-5-11(9(13)8-17-19)18-12-6-2-4-10(15)14(12)16/h2,4,6,8,11,18H,3,5,7H2,1H3. The molecule has 1 aromatic carbocycles. The Labute approximate surface area is 116 Å². The second-order valence-corrected chi connectivity index (χ2v) is 5.27. The van der Waals surface area contributed by atoms with Crippen LogP contribution in [0, 0.1) is 5.82 Å². The van der Waals surface area contributed by atoms with Crippen LogP contribution in [0.3, 0.4) is 0 Å². The van der Waals surface area contributed by atoms with E-state index in [2.05, 4.69) is 10.4 Å². The van der Waals surface area contributed by atoms with E-state index in [4.69, 9.17) is 11.6 Å². The van der Waals surface area contributed by atoms with Gasteiger partial charge in [-0.05, 0) is 31.4 Å². The van der Waals surface area contributed by atoms with E-state index in [9.17, 15) is 4.39 Å². The minimum atomic E-state index is -0.389. The molecule has 1 aliphatic carbocycles. The van der Waals surface area contributed by atoms with Crippen molar-refractivity contribution >= 4 is 17.3 Å². The molecule has 0 amide bonds. The average Bonchev–Trinajstić information content (AvgIpc) is 2.78. The molecule has 2 aromatic rings. The topological polar surface area (TPSA) is 29.9 Å². The normalized spacial score (nSPS) is 18.2. The van der Waals surface area contributed by atoms with E-state index >= 15 is 0 Å². The molecule has 3 rings (SSSR count). The van der Waals surface area contributed by atoms with Gasteiger partial charge in [0.1, 0.15) is 0 Å². The van der Waals surface area contributed by atoms with E-state index in [0.717, 1.165) is 24.8 Å². The monoisotopic (exact) mass is 279 g/mol. The van der Waals surface area contributed by atoms with Gasteiger partial charge in [-0.25, -0.2) is 4.39 Å². The second-order valence-electron chi connectivity index (χ2n) is 4.86. The zero-order valence-corrected chi connectivity index (χ0v) is 11.4. The van der Waals surface area contributed by atoms with E-state index in [1.54, 1.807) is 18.2 Å². The van der Waals surface area contributed by atoms with Crippen molar-refractivity contribution in [2.75, 3.05) is 5.32 Å². The lowest BCUT2D eigenvalue weighted by molar-refractivity contribution is 0.565. The van der Waals surface area contributed by atoms with Crippen LogP contribution in [0.1, 0.15) is 30.1 Å². The summed E-state index contributed by atoms with van der Waals surface area (Å²) in [7, 11) is 1.95. The molecule has 0 spiro atoms. The van der Waals surface area contributed by atoms with Gasteiger partial charge >= 0.3 is 0 Å². The highest BCUT2D eigenvalue weighted by Crippen LogP contribution is 2.33. The zero-order valence-electron chi connectivity index (χ0n) is 10.7. The first-order valence-electron chi connectivity index (χ1n) is 6.38. The van der Waals surface area contributed by atoms with Crippen LogP contribution in [0.15, 0.2) is 24.4 Å². The number of halogens is 2. The van der Waals surface area contributed by atoms with Gasteiger partial charge in [-0.2, -0.15) is 5.10 Å². The maximum absolute atomic E-state index is 13.9. The van der Waals surface area contributed by atoms with Crippen LogP contribution in [0.2, 0.25) is 5.02 Å². The predicted molar refractivity (Wildman–Crippen MR) is 73.9 cm³/mol. The van der Waals surface area contributed by atoms with Gasteiger partial charge in [0.2, 0.25) is 0 Å². The Kier molecular flexibility index (Phi) is 3.19. The third kappa shape index (κ3) is 2.21. The lowest BCUT2D eigenvalue weighted by atomic mass is 9.93. The first-order chi connectivity index (χ1) is 9.16. The van der Waals surface area contributed by atoms with Crippen molar-refractivity contribution in [2.24, 2.45) is 7.05 Å². The van der Waals surface area contributed by atoms with Gasteiger partial charge in [0.15, 0.2) is 5.82 Å². The molecule has 1 atom stereocenters. The van der Waals surface area contributed by atoms with Crippen LogP contribution in [0.25, 0.3) is 0 Å². The molecule has 5 heteroatoms. The Morgan fingerprint density at radius 2 is 2.32 bits per heavy atom. The molecule has 1 aliphatic rings. The summed E-state index contributed by atoms with van der Waals surface area (Å²) < 4.78 is 15.8. The fourth-order valence-electron chi connectivity index (χ4n) is 2.66. The van der Waals surface area contributed by atoms with Crippen LogP contribution < -0.4 is 5.32 Å². The van der Waals surface area contributed by atoms with Crippen LogP contribution in [-0.4, -0.2) is 9.78 Å². The lowest BCUT2D eigenvalue weighted by Crippen LogP contribution is -2.18. The van der Waals surface area contributed by atoms with Gasteiger partial charge in [-0.15, -0.1) is 0 Å². The summed E-state index contributed by atoms with van der Waals surface area (Å²) in [5.41, 5.74) is 2.84. The highest BCUT2D eigenvalue weighted by Gasteiger charge is 2.24. The van der Waals surface area contributed by atoms with Crippen molar-refractivity contribution in [3.63, 3.8) is 0 Å². The highest BCUT2D eigenvalue weighted by molar-refractivity contribution is 6.31. The van der Waals surface area contributed by atoms with E-state index in [1.165, 1.54) is 5.69 Å². The molecule has 0 aliphatic heterocycles. The van der Waals surface area contributed by atoms with Gasteiger partial charge in [0, 0.05) is 18.3 Å². The number of nitrogens with one attached hydrogen (secondary N) is 1. The molecule has 1 heterocycles. The minimum Gasteiger partial charge on any atom is -0.376 e. The van der Waals surface area contributed by atoms with Crippen molar-refractivity contribution in [2.45, 2.75) is 25.3 Å². The average molecular weight is 280 g/mol. The number of benzene rings is 1. The molecular weight excluding hydrogens is 265 g/mol. The van der Waals surface area contributed by atoms with Crippen LogP contribution in [0.4, 0.5) is 10.1 Å². The molecule has 0 saturated heterocycles. The van der Waals surface area contributed by atoms with Gasteiger partial charge < -0.3 is 5.32 Å². The molecule has 0 saturated carbocycles. The van der Waals surface area contributed by atoms with Gasteiger partial charge in [0.25, 0.3) is 0 Å². The summed E-state index contributed by atoms with van der Waals surface area (Å²) in [6.45, 7) is 0. The summed E-state index contributed by atoms with van der Waals surface area (Å²) in [5.74, 6) is -0.389. The smallest absolute Gasteiger partial charge is 0.164 e. The predicted octanol–water partition coefficient (Wildman–Crippen LogP) is 3.70. The van der Waals surface area contributed by atoms with Crippen molar-refractivity contribution in [3.8, 4) is 0 Å². The molecule has 1 unspecified atom stereocenters. The zero-order chi connectivity index (χ0) is 13.4. The number of hydrogen-bond acceptors (Lipinski definition) is 2. The molecule has 1 N–H and O–H groups in total. The van der Waals surface area contributed by atoms with Crippen molar-refractivity contribution in [1.82, 2.24) is 9.78 Å². The Morgan fingerprint density at radius 3 is 3.16 bits per heavy atom. The number of nitrogens with zero attached hydrogens (tertiary/aromatic N) is 2. The Hall–Kier alpha value is -1.55. The van der Waals surface area contributed by atoms with E-state index in [0.29, 0.717) is 5.69 Å². The Balaban J connectivity index is 1.91. The molecule has 0 fully saturated rings. The Bertz CT molecular complexity index is 609. The summed E-state index contributed by atoms with van der Waals surface area (Å²) >= 11 is 5.80. The van der Waals surface area contributed by atoms with Crippen LogP contribution in [-0.2, 0) is 13.5 Å². The van der Waals surface area contributed by atoms with E-state index in [1.807, 2.05) is 17.9 Å². The number of anilines is 1. The quantitative estimate of drug-likeness (QED) is 0.908. The summed E-state index contributed by atoms with van der Waals surface area (Å²) in [6.07, 6.45) is 4.95. The molecule has 3 nitrogen and oxygen atoms in total. The van der Waals surface area contributed by atoms with Gasteiger partial charge in [-0.1, -0.05) is 17.7 Å². The molecule has 0 radical (unpaired) electrons. The Morgan fingerprint density at radius 1 is 1.47 bits per heavy atom. The first kappa shape index (κ1) is 12.5. The maximum Gasteiger partial charge on any atom is 0.164 e. The van der Waals surface area contributed by atoms with Crippen LogP contribution >= 0.6 is 11.6 Å². The van der Waals surface area contributed by atoms with Crippen molar-refractivity contribution in [3.05, 3.63) is 46.5 Å². The largest absolute Gasteiger partial charge is 0.376 e. The number of rotatable bonds is 2. The number of aromatic nitrogens is 2. The number of aryl methyl sites for hydroxylation is 1. The van der Waals surface area contributed by atoms with Crippen molar-refractivity contribution < 1.29 is 4.39 Å². The van der Waals surface area contributed by atoms with E-state index < -0.39 is 0 Å². The molecule has 0 bridgehead atoms. The lowest BCUT2D eigenvalue weighted by Gasteiger charge is -2.25. The minimum absolute atomic E-state index is 0.102. The molecule has 19 heavy (non-hydrogen) atoms. The summed E-state index contributed by atoms with van der Waals surface area (Å²) in [4.78, 5) is 0. The van der Waals surface area contributed by atoms with Gasteiger partial charge in [-0.3, -0.25) is 4.68 Å². The SMILES string of the molecule is Cn1ncc2c1CCCC2Nc1cccc(Cl)c1F. The second kappa shape index (κ2) is 4.85. The fourth-order valence-corrected chi connectivity index (χ4v) is 2.83. The summed E-state index contributed by atoms with van der Waals surface area (Å²) in [6, 6.07) is 5.12. The fraction of sp³-hybridized carbons (Fsp3) is 0.357.